The smallest absolute Gasteiger partial charge is 0.0850 e. The Morgan fingerprint density at radius 3 is 1.90 bits per heavy atom. The molecular formula is C47H39N3. The number of benzene rings is 6. The Morgan fingerprint density at radius 2 is 1.20 bits per heavy atom. The fourth-order valence-corrected chi connectivity index (χ4v) is 8.86. The summed E-state index contributed by atoms with van der Waals surface area (Å²) >= 11 is 0. The summed E-state index contributed by atoms with van der Waals surface area (Å²) in [5, 5.41) is 9.13. The maximum atomic E-state index is 4.60. The summed E-state index contributed by atoms with van der Waals surface area (Å²) in [7, 11) is 0. The third-order valence-corrected chi connectivity index (χ3v) is 11.0. The number of hydrogen-bond acceptors (Lipinski definition) is 3. The highest BCUT2D eigenvalue weighted by Crippen LogP contribution is 2.64. The number of anilines is 2. The maximum absolute atomic E-state index is 4.60. The van der Waals surface area contributed by atoms with Crippen molar-refractivity contribution in [3.63, 3.8) is 0 Å². The first-order chi connectivity index (χ1) is 24.6. The lowest BCUT2D eigenvalue weighted by atomic mass is 9.61. The maximum Gasteiger partial charge on any atom is 0.0850 e. The van der Waals surface area contributed by atoms with E-state index in [9.17, 15) is 0 Å². The van der Waals surface area contributed by atoms with E-state index in [1.807, 2.05) is 0 Å². The van der Waals surface area contributed by atoms with Crippen molar-refractivity contribution in [2.24, 2.45) is 10.2 Å². The van der Waals surface area contributed by atoms with Crippen LogP contribution in [0.25, 0.3) is 5.57 Å². The highest BCUT2D eigenvalue weighted by molar-refractivity contribution is 5.95. The number of para-hydroxylation sites is 1. The van der Waals surface area contributed by atoms with Crippen molar-refractivity contribution in [3.05, 3.63) is 220 Å². The highest BCUT2D eigenvalue weighted by Gasteiger charge is 2.55. The van der Waals surface area contributed by atoms with Crippen LogP contribution in [0.5, 0.6) is 0 Å². The van der Waals surface area contributed by atoms with E-state index in [0.717, 1.165) is 17.7 Å². The number of aryl methyl sites for hydroxylation is 1. The van der Waals surface area contributed by atoms with Crippen molar-refractivity contribution >= 4 is 16.9 Å². The van der Waals surface area contributed by atoms with Crippen molar-refractivity contribution < 1.29 is 0 Å². The second-order valence-corrected chi connectivity index (χ2v) is 14.1. The van der Waals surface area contributed by atoms with Crippen LogP contribution in [-0.2, 0) is 23.9 Å². The van der Waals surface area contributed by atoms with Gasteiger partial charge in [-0.15, -0.1) is 0 Å². The lowest BCUT2D eigenvalue weighted by molar-refractivity contribution is 0.527. The number of azo groups is 1. The molecular weight excluding hydrogens is 607 g/mol. The molecule has 1 aliphatic heterocycles. The molecule has 3 aliphatic rings. The van der Waals surface area contributed by atoms with E-state index in [-0.39, 0.29) is 10.8 Å². The van der Waals surface area contributed by atoms with Crippen molar-refractivity contribution in [1.82, 2.24) is 0 Å². The molecule has 0 N–H and O–H groups in total. The van der Waals surface area contributed by atoms with Gasteiger partial charge in [-0.2, -0.15) is 10.2 Å². The molecule has 0 bridgehead atoms. The minimum absolute atomic E-state index is 0.226. The molecule has 0 fully saturated rings. The molecule has 1 unspecified atom stereocenters. The Morgan fingerprint density at radius 1 is 0.600 bits per heavy atom. The Bertz CT molecular complexity index is 2290. The van der Waals surface area contributed by atoms with Gasteiger partial charge in [0.1, 0.15) is 0 Å². The van der Waals surface area contributed by atoms with E-state index < -0.39 is 0 Å². The van der Waals surface area contributed by atoms with Gasteiger partial charge in [0, 0.05) is 22.5 Å². The van der Waals surface area contributed by atoms with Crippen LogP contribution in [0.15, 0.2) is 185 Å². The minimum atomic E-state index is -0.384. The normalized spacial score (nSPS) is 18.4. The summed E-state index contributed by atoms with van der Waals surface area (Å²) in [6, 6.07) is 57.7. The summed E-state index contributed by atoms with van der Waals surface area (Å²) in [5.41, 5.74) is 16.2. The third-order valence-electron chi connectivity index (χ3n) is 11.0. The molecule has 50 heavy (non-hydrogen) atoms. The van der Waals surface area contributed by atoms with E-state index in [0.29, 0.717) is 13.1 Å². The molecule has 0 saturated heterocycles. The van der Waals surface area contributed by atoms with Crippen LogP contribution < -0.4 is 4.90 Å². The van der Waals surface area contributed by atoms with Crippen molar-refractivity contribution in [2.75, 3.05) is 4.90 Å². The predicted molar refractivity (Wildman–Crippen MR) is 205 cm³/mol. The summed E-state index contributed by atoms with van der Waals surface area (Å²) in [5.74, 6) is 0. The SMILES string of the molecule is Cc1cccc(C/N=N\Cc2cccc(N3C4=CC5=C(CC4(C)c4ccccc43)C(c3ccccc3)(c3ccccc3)c3ccccc35)c2)c1. The molecule has 0 saturated carbocycles. The van der Waals surface area contributed by atoms with Gasteiger partial charge in [-0.25, -0.2) is 0 Å². The van der Waals surface area contributed by atoms with E-state index in [4.69, 9.17) is 0 Å². The third kappa shape index (κ3) is 4.64. The minimum Gasteiger partial charge on any atom is -0.313 e. The van der Waals surface area contributed by atoms with Crippen LogP contribution in [0.1, 0.15) is 57.9 Å². The Balaban J connectivity index is 1.17. The van der Waals surface area contributed by atoms with Gasteiger partial charge >= 0.3 is 0 Å². The number of rotatable bonds is 7. The van der Waals surface area contributed by atoms with Crippen LogP contribution in [0.4, 0.5) is 11.4 Å². The Labute approximate surface area is 295 Å². The lowest BCUT2D eigenvalue weighted by Gasteiger charge is -2.41. The summed E-state index contributed by atoms with van der Waals surface area (Å²) in [4.78, 5) is 2.50. The molecule has 9 rings (SSSR count). The first-order valence-corrected chi connectivity index (χ1v) is 17.6. The Hall–Kier alpha value is -5.80. The molecule has 6 aromatic carbocycles. The van der Waals surface area contributed by atoms with Crippen LogP contribution in [0.3, 0.4) is 0 Å². The van der Waals surface area contributed by atoms with E-state index in [1.165, 1.54) is 61.5 Å². The van der Waals surface area contributed by atoms with Crippen LogP contribution in [0, 0.1) is 6.92 Å². The van der Waals surface area contributed by atoms with Crippen LogP contribution >= 0.6 is 0 Å². The summed E-state index contributed by atoms with van der Waals surface area (Å²) in [6.45, 7) is 5.71. The van der Waals surface area contributed by atoms with Gasteiger partial charge in [0.25, 0.3) is 0 Å². The first-order valence-electron chi connectivity index (χ1n) is 17.6. The number of nitrogens with zero attached hydrogens (tertiary/aromatic N) is 3. The first kappa shape index (κ1) is 30.3. The predicted octanol–water partition coefficient (Wildman–Crippen LogP) is 11.6. The lowest BCUT2D eigenvalue weighted by Crippen LogP contribution is -2.36. The quantitative estimate of drug-likeness (QED) is 0.159. The average Bonchev–Trinajstić information content (AvgIpc) is 3.59. The van der Waals surface area contributed by atoms with Gasteiger partial charge in [0.05, 0.1) is 18.5 Å². The van der Waals surface area contributed by atoms with Gasteiger partial charge in [0.2, 0.25) is 0 Å². The standard InChI is InChI=1S/C47H39N3/c1-33-15-13-16-34(27-33)31-48-49-32-35-17-14-22-38(28-35)50-44-26-12-11-25-42(44)46(2)30-43-40(29-45(46)50)39-23-9-10-24-41(39)47(43,36-18-5-3-6-19-36)37-20-7-4-8-21-37/h3-29H,30-32H2,1-2H3/b49-48-. The fourth-order valence-electron chi connectivity index (χ4n) is 8.86. The highest BCUT2D eigenvalue weighted by atomic mass is 15.2. The van der Waals surface area contributed by atoms with Gasteiger partial charge in [0.15, 0.2) is 0 Å². The zero-order chi connectivity index (χ0) is 33.7. The van der Waals surface area contributed by atoms with E-state index >= 15 is 0 Å². The number of fused-ring (bicyclic) bond motifs is 5. The monoisotopic (exact) mass is 645 g/mol. The van der Waals surface area contributed by atoms with Gasteiger partial charge < -0.3 is 4.90 Å². The van der Waals surface area contributed by atoms with Crippen LogP contribution in [-0.4, -0.2) is 0 Å². The van der Waals surface area contributed by atoms with E-state index in [2.05, 4.69) is 193 Å². The summed E-state index contributed by atoms with van der Waals surface area (Å²) < 4.78 is 0. The fraction of sp³-hybridized carbons (Fsp3) is 0.149. The molecule has 0 amide bonds. The molecule has 1 atom stereocenters. The zero-order valence-electron chi connectivity index (χ0n) is 28.6. The molecule has 1 heterocycles. The van der Waals surface area contributed by atoms with Crippen molar-refractivity contribution in [1.29, 1.82) is 0 Å². The molecule has 2 aliphatic carbocycles. The molecule has 3 heteroatoms. The largest absolute Gasteiger partial charge is 0.313 e. The molecule has 0 radical (unpaired) electrons. The zero-order valence-corrected chi connectivity index (χ0v) is 28.6. The summed E-state index contributed by atoms with van der Waals surface area (Å²) in [6.07, 6.45) is 3.42. The molecule has 0 spiro atoms. The molecule has 242 valence electrons. The van der Waals surface area contributed by atoms with Gasteiger partial charge in [-0.3, -0.25) is 0 Å². The van der Waals surface area contributed by atoms with Gasteiger partial charge in [-0.05, 0) is 94.6 Å². The van der Waals surface area contributed by atoms with Gasteiger partial charge in [-0.1, -0.05) is 145 Å². The molecule has 6 aromatic rings. The average molecular weight is 646 g/mol. The number of hydrogen-bond donors (Lipinski definition) is 0. The molecule has 3 nitrogen and oxygen atoms in total. The molecule has 0 aromatic heterocycles. The second-order valence-electron chi connectivity index (χ2n) is 14.1. The number of allylic oxidation sites excluding steroid dienone is 4. The second kappa shape index (κ2) is 12.0. The van der Waals surface area contributed by atoms with Crippen LogP contribution in [0.2, 0.25) is 0 Å². The van der Waals surface area contributed by atoms with Crippen molar-refractivity contribution in [2.45, 2.75) is 44.2 Å². The topological polar surface area (TPSA) is 28.0 Å². The van der Waals surface area contributed by atoms with E-state index in [1.54, 1.807) is 0 Å². The Kier molecular flexibility index (Phi) is 7.24. The van der Waals surface area contributed by atoms with Crippen molar-refractivity contribution in [3.8, 4) is 0 Å².